The molecule has 7 nitrogen and oxygen atoms in total. The molecule has 0 fully saturated rings. The predicted octanol–water partition coefficient (Wildman–Crippen LogP) is 3.23. The van der Waals surface area contributed by atoms with Crippen molar-refractivity contribution in [2.75, 3.05) is 12.8 Å². The second kappa shape index (κ2) is 10.3. The molecule has 0 aliphatic heterocycles. The van der Waals surface area contributed by atoms with Gasteiger partial charge in [-0.05, 0) is 49.6 Å². The number of aromatic nitrogens is 3. The highest BCUT2D eigenvalue weighted by Gasteiger charge is 2.22. The van der Waals surface area contributed by atoms with Crippen LogP contribution in [0.1, 0.15) is 39.0 Å². The summed E-state index contributed by atoms with van der Waals surface area (Å²) >= 11 is 1.42. The summed E-state index contributed by atoms with van der Waals surface area (Å²) in [5, 5.41) is 13.0. The van der Waals surface area contributed by atoms with E-state index in [1.54, 1.807) is 24.3 Å². The zero-order valence-corrected chi connectivity index (χ0v) is 18.1. The summed E-state index contributed by atoms with van der Waals surface area (Å²) < 4.78 is 42.5. The third-order valence-electron chi connectivity index (χ3n) is 4.54. The van der Waals surface area contributed by atoms with Crippen LogP contribution in [0.25, 0.3) is 5.69 Å². The summed E-state index contributed by atoms with van der Waals surface area (Å²) in [6.45, 7) is 1.77. The summed E-state index contributed by atoms with van der Waals surface area (Å²) in [4.78, 5) is 24.6. The number of nitrogens with zero attached hydrogens (tertiary/aromatic N) is 3. The summed E-state index contributed by atoms with van der Waals surface area (Å²) in [6, 6.07) is 8.06. The van der Waals surface area contributed by atoms with Gasteiger partial charge in [-0.15, -0.1) is 5.10 Å². The number of benzene rings is 2. The van der Waals surface area contributed by atoms with Crippen molar-refractivity contribution >= 4 is 23.6 Å². The molecule has 2 N–H and O–H groups in total. The molecule has 32 heavy (non-hydrogen) atoms. The molecular formula is C21H20F3N5O2S. The van der Waals surface area contributed by atoms with Gasteiger partial charge in [0.15, 0.2) is 17.3 Å². The van der Waals surface area contributed by atoms with Gasteiger partial charge in [0.2, 0.25) is 0 Å². The quantitative estimate of drug-likeness (QED) is 0.501. The molecule has 0 atom stereocenters. The Morgan fingerprint density at radius 2 is 1.69 bits per heavy atom. The number of hydrogen-bond acceptors (Lipinski definition) is 5. The van der Waals surface area contributed by atoms with E-state index in [9.17, 15) is 22.8 Å². The summed E-state index contributed by atoms with van der Waals surface area (Å²) in [5.41, 5.74) is 0.901. The number of thioether (sulfide) groups is 1. The lowest BCUT2D eigenvalue weighted by atomic mass is 10.2. The molecule has 1 aromatic heterocycles. The second-order valence-electron chi connectivity index (χ2n) is 6.64. The second-order valence-corrected chi connectivity index (χ2v) is 7.51. The number of nitrogens with one attached hydrogen (secondary N) is 2. The van der Waals surface area contributed by atoms with E-state index < -0.39 is 35.5 Å². The lowest BCUT2D eigenvalue weighted by Gasteiger charge is -2.09. The number of carbonyl (C=O) groups excluding carboxylic acids is 2. The Labute approximate surface area is 186 Å². The largest absolute Gasteiger partial charge is 0.352 e. The van der Waals surface area contributed by atoms with Crippen LogP contribution in [0.5, 0.6) is 0 Å². The van der Waals surface area contributed by atoms with Gasteiger partial charge in [0, 0.05) is 30.0 Å². The van der Waals surface area contributed by atoms with E-state index in [-0.39, 0.29) is 11.6 Å². The molecule has 168 valence electrons. The lowest BCUT2D eigenvalue weighted by molar-refractivity contribution is 0.0940. The van der Waals surface area contributed by atoms with E-state index in [0.717, 1.165) is 6.07 Å². The molecule has 0 saturated heterocycles. The van der Waals surface area contributed by atoms with Gasteiger partial charge in [0.05, 0.1) is 11.4 Å². The molecule has 1 heterocycles. The van der Waals surface area contributed by atoms with E-state index in [1.807, 2.05) is 13.2 Å². The van der Waals surface area contributed by atoms with Crippen LogP contribution in [0.2, 0.25) is 0 Å². The van der Waals surface area contributed by atoms with E-state index in [2.05, 4.69) is 20.9 Å². The SMILES string of the molecule is CCNC(=O)c1ccc(-n2nnc(C(=O)NCc3c(F)ccc(F)c3F)c2CSC)cc1. The van der Waals surface area contributed by atoms with Crippen LogP contribution < -0.4 is 10.6 Å². The summed E-state index contributed by atoms with van der Waals surface area (Å²) in [5.74, 6) is -4.08. The molecule has 0 unspecified atom stereocenters. The molecule has 3 aromatic rings. The van der Waals surface area contributed by atoms with E-state index >= 15 is 0 Å². The first-order chi connectivity index (χ1) is 15.4. The van der Waals surface area contributed by atoms with Gasteiger partial charge in [-0.2, -0.15) is 11.8 Å². The first-order valence-corrected chi connectivity index (χ1v) is 11.0. The Morgan fingerprint density at radius 3 is 2.34 bits per heavy atom. The van der Waals surface area contributed by atoms with Crippen molar-refractivity contribution in [3.63, 3.8) is 0 Å². The van der Waals surface area contributed by atoms with Crippen molar-refractivity contribution < 1.29 is 22.8 Å². The third-order valence-corrected chi connectivity index (χ3v) is 5.10. The van der Waals surface area contributed by atoms with Crippen molar-refractivity contribution in [1.29, 1.82) is 0 Å². The van der Waals surface area contributed by atoms with Crippen LogP contribution >= 0.6 is 11.8 Å². The van der Waals surface area contributed by atoms with Gasteiger partial charge < -0.3 is 10.6 Å². The maximum atomic E-state index is 13.8. The Morgan fingerprint density at radius 1 is 1.00 bits per heavy atom. The fourth-order valence-electron chi connectivity index (χ4n) is 2.95. The average Bonchev–Trinajstić information content (AvgIpc) is 3.20. The number of halogens is 3. The van der Waals surface area contributed by atoms with Crippen LogP contribution in [0.3, 0.4) is 0 Å². The molecule has 0 bridgehead atoms. The minimum Gasteiger partial charge on any atom is -0.352 e. The highest BCUT2D eigenvalue weighted by atomic mass is 32.2. The summed E-state index contributed by atoms with van der Waals surface area (Å²) in [6.07, 6.45) is 1.83. The summed E-state index contributed by atoms with van der Waals surface area (Å²) in [7, 11) is 0. The van der Waals surface area contributed by atoms with E-state index in [0.29, 0.717) is 35.3 Å². The standard InChI is InChI=1S/C21H20F3N5O2S/c1-3-25-20(30)12-4-6-13(7-5-12)29-17(11-32-2)19(27-28-29)21(31)26-10-14-15(22)8-9-16(23)18(14)24/h4-9H,3,10-11H2,1-2H3,(H,25,30)(H,26,31). The minimum atomic E-state index is -1.36. The fraction of sp³-hybridized carbons (Fsp3) is 0.238. The van der Waals surface area contributed by atoms with Gasteiger partial charge in [0.1, 0.15) is 5.82 Å². The van der Waals surface area contributed by atoms with Crippen LogP contribution in [0.4, 0.5) is 13.2 Å². The fourth-order valence-corrected chi connectivity index (χ4v) is 3.48. The smallest absolute Gasteiger partial charge is 0.274 e. The lowest BCUT2D eigenvalue weighted by Crippen LogP contribution is -2.26. The van der Waals surface area contributed by atoms with Crippen molar-refractivity contribution in [3.05, 3.63) is 76.4 Å². The van der Waals surface area contributed by atoms with E-state index in [1.165, 1.54) is 16.4 Å². The molecule has 2 aromatic carbocycles. The first-order valence-electron chi connectivity index (χ1n) is 9.60. The van der Waals surface area contributed by atoms with Gasteiger partial charge in [0.25, 0.3) is 11.8 Å². The Kier molecular flexibility index (Phi) is 7.52. The number of amides is 2. The number of hydrogen-bond donors (Lipinski definition) is 2. The maximum absolute atomic E-state index is 13.8. The van der Waals surface area contributed by atoms with Gasteiger partial charge >= 0.3 is 0 Å². The third kappa shape index (κ3) is 4.93. The molecule has 0 aliphatic carbocycles. The van der Waals surface area contributed by atoms with Crippen molar-refractivity contribution in [3.8, 4) is 5.69 Å². The zero-order chi connectivity index (χ0) is 23.3. The molecule has 0 spiro atoms. The average molecular weight is 463 g/mol. The molecule has 11 heteroatoms. The Bertz CT molecular complexity index is 1140. The van der Waals surface area contributed by atoms with Gasteiger partial charge in [-0.25, -0.2) is 17.9 Å². The predicted molar refractivity (Wildman–Crippen MR) is 114 cm³/mol. The molecule has 0 saturated carbocycles. The van der Waals surface area contributed by atoms with Crippen molar-refractivity contribution in [2.24, 2.45) is 0 Å². The van der Waals surface area contributed by atoms with Crippen molar-refractivity contribution in [1.82, 2.24) is 25.6 Å². The van der Waals surface area contributed by atoms with Gasteiger partial charge in [-0.1, -0.05) is 5.21 Å². The van der Waals surface area contributed by atoms with Crippen molar-refractivity contribution in [2.45, 2.75) is 19.2 Å². The molecule has 2 amide bonds. The van der Waals surface area contributed by atoms with Gasteiger partial charge in [-0.3, -0.25) is 9.59 Å². The molecule has 0 radical (unpaired) electrons. The van der Waals surface area contributed by atoms with E-state index in [4.69, 9.17) is 0 Å². The Hall–Kier alpha value is -3.34. The minimum absolute atomic E-state index is 0.0237. The topological polar surface area (TPSA) is 88.9 Å². The van der Waals surface area contributed by atoms with Crippen LogP contribution in [-0.4, -0.2) is 39.6 Å². The first kappa shape index (κ1) is 23.3. The number of rotatable bonds is 8. The molecular weight excluding hydrogens is 443 g/mol. The normalized spacial score (nSPS) is 10.8. The number of carbonyl (C=O) groups is 2. The van der Waals surface area contributed by atoms with Crippen LogP contribution in [-0.2, 0) is 12.3 Å². The molecule has 3 rings (SSSR count). The highest BCUT2D eigenvalue weighted by Crippen LogP contribution is 2.19. The zero-order valence-electron chi connectivity index (χ0n) is 17.3. The monoisotopic (exact) mass is 463 g/mol. The van der Waals surface area contributed by atoms with Crippen LogP contribution in [0, 0.1) is 17.5 Å². The Balaban J connectivity index is 1.84. The maximum Gasteiger partial charge on any atom is 0.274 e. The molecule has 0 aliphatic rings. The highest BCUT2D eigenvalue weighted by molar-refractivity contribution is 7.97. The van der Waals surface area contributed by atoms with Crippen LogP contribution in [0.15, 0.2) is 36.4 Å².